The van der Waals surface area contributed by atoms with E-state index in [0.717, 1.165) is 11.3 Å². The molecule has 0 aliphatic heterocycles. The molecule has 0 aliphatic carbocycles. The number of anilines is 2. The van der Waals surface area contributed by atoms with E-state index in [1.165, 1.54) is 6.07 Å². The van der Waals surface area contributed by atoms with E-state index < -0.39 is 0 Å². The predicted molar refractivity (Wildman–Crippen MR) is 71.2 cm³/mol. The zero-order valence-corrected chi connectivity index (χ0v) is 10.3. The maximum absolute atomic E-state index is 13.9. The Labute approximate surface area is 106 Å². The number of nitrogens with zero attached hydrogens (tertiary/aromatic N) is 2. The summed E-state index contributed by atoms with van der Waals surface area (Å²) in [5.41, 5.74) is 8.06. The number of pyridine rings is 1. The minimum Gasteiger partial charge on any atom is -0.338 e. The average molecular weight is 245 g/mol. The molecule has 0 aliphatic rings. The lowest BCUT2D eigenvalue weighted by Crippen LogP contribution is -2.20. The molecule has 2 N–H and O–H groups in total. The number of para-hydroxylation sites is 1. The highest BCUT2D eigenvalue weighted by atomic mass is 19.1. The second kappa shape index (κ2) is 5.60. The number of halogens is 1. The van der Waals surface area contributed by atoms with E-state index in [0.29, 0.717) is 18.8 Å². The highest BCUT2D eigenvalue weighted by Crippen LogP contribution is 2.29. The lowest BCUT2D eigenvalue weighted by Gasteiger charge is -2.25. The summed E-state index contributed by atoms with van der Waals surface area (Å²) in [6.45, 7) is 3.03. The third kappa shape index (κ3) is 2.33. The molecule has 2 rings (SSSR count). The second-order valence-electron chi connectivity index (χ2n) is 3.90. The molecule has 18 heavy (non-hydrogen) atoms. The summed E-state index contributed by atoms with van der Waals surface area (Å²) in [5.74, 6) is -0.244. The van der Waals surface area contributed by atoms with Crippen molar-refractivity contribution in [3.63, 3.8) is 0 Å². The minimum atomic E-state index is -0.244. The van der Waals surface area contributed by atoms with Crippen molar-refractivity contribution in [1.29, 1.82) is 0 Å². The molecule has 0 atom stereocenters. The van der Waals surface area contributed by atoms with Crippen LogP contribution in [0.5, 0.6) is 0 Å². The summed E-state index contributed by atoms with van der Waals surface area (Å²) in [6, 6.07) is 8.57. The van der Waals surface area contributed by atoms with Gasteiger partial charge in [-0.15, -0.1) is 0 Å². The van der Waals surface area contributed by atoms with Crippen molar-refractivity contribution in [2.45, 2.75) is 13.5 Å². The van der Waals surface area contributed by atoms with Crippen molar-refractivity contribution in [3.8, 4) is 0 Å². The molecule has 0 amide bonds. The van der Waals surface area contributed by atoms with Crippen LogP contribution in [0.25, 0.3) is 0 Å². The Kier molecular flexibility index (Phi) is 3.89. The third-order valence-corrected chi connectivity index (χ3v) is 2.86. The highest BCUT2D eigenvalue weighted by Gasteiger charge is 2.14. The molecule has 0 saturated carbocycles. The summed E-state index contributed by atoms with van der Waals surface area (Å²) in [5, 5.41) is 0. The van der Waals surface area contributed by atoms with Crippen LogP contribution < -0.4 is 10.6 Å². The smallest absolute Gasteiger partial charge is 0.146 e. The molecule has 94 valence electrons. The number of aromatic nitrogens is 1. The Morgan fingerprint density at radius 2 is 2.00 bits per heavy atom. The standard InChI is InChI=1S/C14H16FN3/c1-2-18(13-6-4-3-5-12(13)15)14-10-17-8-7-11(14)9-16/h3-8,10H,2,9,16H2,1H3. The van der Waals surface area contributed by atoms with Gasteiger partial charge in [0.15, 0.2) is 0 Å². The Morgan fingerprint density at radius 1 is 1.22 bits per heavy atom. The summed E-state index contributed by atoms with van der Waals surface area (Å²) in [6.07, 6.45) is 3.42. The molecule has 0 radical (unpaired) electrons. The first kappa shape index (κ1) is 12.5. The van der Waals surface area contributed by atoms with Crippen LogP contribution in [0.3, 0.4) is 0 Å². The summed E-state index contributed by atoms with van der Waals surface area (Å²) < 4.78 is 13.9. The van der Waals surface area contributed by atoms with Gasteiger partial charge in [-0.3, -0.25) is 4.98 Å². The normalized spacial score (nSPS) is 10.4. The van der Waals surface area contributed by atoms with Gasteiger partial charge in [-0.1, -0.05) is 12.1 Å². The van der Waals surface area contributed by atoms with Gasteiger partial charge in [-0.2, -0.15) is 0 Å². The van der Waals surface area contributed by atoms with Crippen molar-refractivity contribution in [2.24, 2.45) is 5.73 Å². The van der Waals surface area contributed by atoms with Crippen LogP contribution >= 0.6 is 0 Å². The van der Waals surface area contributed by atoms with E-state index in [4.69, 9.17) is 5.73 Å². The molecular weight excluding hydrogens is 229 g/mol. The number of hydrogen-bond acceptors (Lipinski definition) is 3. The largest absolute Gasteiger partial charge is 0.338 e. The van der Waals surface area contributed by atoms with Crippen molar-refractivity contribution < 1.29 is 4.39 Å². The number of nitrogens with two attached hydrogens (primary N) is 1. The maximum atomic E-state index is 13.9. The molecule has 4 heteroatoms. The van der Waals surface area contributed by atoms with Crippen LogP contribution in [0.2, 0.25) is 0 Å². The molecule has 0 spiro atoms. The van der Waals surface area contributed by atoms with Crippen molar-refractivity contribution in [2.75, 3.05) is 11.4 Å². The van der Waals surface area contributed by atoms with Gasteiger partial charge in [0.2, 0.25) is 0 Å². The van der Waals surface area contributed by atoms with Gasteiger partial charge in [-0.05, 0) is 30.7 Å². The van der Waals surface area contributed by atoms with E-state index >= 15 is 0 Å². The summed E-state index contributed by atoms with van der Waals surface area (Å²) >= 11 is 0. The molecule has 3 nitrogen and oxygen atoms in total. The topological polar surface area (TPSA) is 42.2 Å². The Bertz CT molecular complexity index is 528. The fourth-order valence-corrected chi connectivity index (χ4v) is 1.97. The lowest BCUT2D eigenvalue weighted by molar-refractivity contribution is 0.625. The van der Waals surface area contributed by atoms with E-state index in [1.54, 1.807) is 24.5 Å². The minimum absolute atomic E-state index is 0.244. The quantitative estimate of drug-likeness (QED) is 0.900. The van der Waals surface area contributed by atoms with Crippen molar-refractivity contribution >= 4 is 11.4 Å². The fourth-order valence-electron chi connectivity index (χ4n) is 1.97. The third-order valence-electron chi connectivity index (χ3n) is 2.86. The first-order valence-corrected chi connectivity index (χ1v) is 5.93. The highest BCUT2D eigenvalue weighted by molar-refractivity contribution is 5.65. The number of rotatable bonds is 4. The summed E-state index contributed by atoms with van der Waals surface area (Å²) in [7, 11) is 0. The van der Waals surface area contributed by atoms with Gasteiger partial charge < -0.3 is 10.6 Å². The second-order valence-corrected chi connectivity index (χ2v) is 3.90. The zero-order chi connectivity index (χ0) is 13.0. The Morgan fingerprint density at radius 3 is 2.67 bits per heavy atom. The average Bonchev–Trinajstić information content (AvgIpc) is 2.42. The number of benzene rings is 1. The lowest BCUT2D eigenvalue weighted by atomic mass is 10.2. The Hall–Kier alpha value is -1.94. The molecule has 1 aromatic heterocycles. The first-order valence-electron chi connectivity index (χ1n) is 5.93. The van der Waals surface area contributed by atoms with E-state index in [9.17, 15) is 4.39 Å². The molecule has 0 saturated heterocycles. The predicted octanol–water partition coefficient (Wildman–Crippen LogP) is 2.84. The van der Waals surface area contributed by atoms with Crippen molar-refractivity contribution in [1.82, 2.24) is 4.98 Å². The van der Waals surface area contributed by atoms with Crippen LogP contribution in [0.1, 0.15) is 12.5 Å². The maximum Gasteiger partial charge on any atom is 0.146 e. The molecule has 0 fully saturated rings. The van der Waals surface area contributed by atoms with Crippen molar-refractivity contribution in [3.05, 3.63) is 54.1 Å². The van der Waals surface area contributed by atoms with E-state index in [-0.39, 0.29) is 5.82 Å². The molecule has 1 heterocycles. The van der Waals surface area contributed by atoms with Gasteiger partial charge in [0.25, 0.3) is 0 Å². The number of hydrogen-bond donors (Lipinski definition) is 1. The van der Waals surface area contributed by atoms with Crippen LogP contribution in [0, 0.1) is 5.82 Å². The van der Waals surface area contributed by atoms with E-state index in [1.807, 2.05) is 24.0 Å². The fraction of sp³-hybridized carbons (Fsp3) is 0.214. The van der Waals surface area contributed by atoms with Gasteiger partial charge in [0.1, 0.15) is 5.82 Å². The van der Waals surface area contributed by atoms with Gasteiger partial charge in [-0.25, -0.2) is 4.39 Å². The molecule has 1 aromatic carbocycles. The monoisotopic (exact) mass is 245 g/mol. The van der Waals surface area contributed by atoms with E-state index in [2.05, 4.69) is 4.98 Å². The Balaban J connectivity index is 2.49. The van der Waals surface area contributed by atoms with Gasteiger partial charge in [0, 0.05) is 19.3 Å². The molecule has 0 unspecified atom stereocenters. The van der Waals surface area contributed by atoms with Crippen LogP contribution in [-0.2, 0) is 6.54 Å². The molecular formula is C14H16FN3. The summed E-state index contributed by atoms with van der Waals surface area (Å²) in [4.78, 5) is 5.98. The van der Waals surface area contributed by atoms with Gasteiger partial charge in [0.05, 0.1) is 17.6 Å². The first-order chi connectivity index (χ1) is 8.77. The zero-order valence-electron chi connectivity index (χ0n) is 10.3. The van der Waals surface area contributed by atoms with Gasteiger partial charge >= 0.3 is 0 Å². The van der Waals surface area contributed by atoms with Crippen LogP contribution in [-0.4, -0.2) is 11.5 Å². The molecule has 0 bridgehead atoms. The van der Waals surface area contributed by atoms with Crippen LogP contribution in [0.15, 0.2) is 42.7 Å². The SMILES string of the molecule is CCN(c1ccccc1F)c1cnccc1CN. The molecule has 2 aromatic rings. The van der Waals surface area contributed by atoms with Crippen LogP contribution in [0.4, 0.5) is 15.8 Å².